The highest BCUT2D eigenvalue weighted by atomic mass is 19.1. The highest BCUT2D eigenvalue weighted by Crippen LogP contribution is 2.09. The second-order valence-corrected chi connectivity index (χ2v) is 5.93. The Morgan fingerprint density at radius 1 is 0.808 bits per heavy atom. The molecule has 0 bridgehead atoms. The number of esters is 2. The molecule has 0 fully saturated rings. The van der Waals surface area contributed by atoms with E-state index in [1.807, 2.05) is 0 Å². The van der Waals surface area contributed by atoms with Crippen molar-refractivity contribution < 1.29 is 23.5 Å². The van der Waals surface area contributed by atoms with Gasteiger partial charge >= 0.3 is 11.9 Å². The maximum atomic E-state index is 12.8. The second kappa shape index (κ2) is 10.3. The molecule has 0 saturated carbocycles. The summed E-state index contributed by atoms with van der Waals surface area (Å²) >= 11 is 0. The second-order valence-electron chi connectivity index (χ2n) is 5.93. The van der Waals surface area contributed by atoms with E-state index >= 15 is 0 Å². The van der Waals surface area contributed by atoms with Crippen LogP contribution in [-0.4, -0.2) is 25.2 Å². The van der Waals surface area contributed by atoms with Crippen molar-refractivity contribution >= 4 is 11.9 Å². The number of rotatable bonds is 9. The lowest BCUT2D eigenvalue weighted by molar-refractivity contribution is 0.0488. The van der Waals surface area contributed by atoms with Crippen molar-refractivity contribution in [3.05, 3.63) is 71.0 Å². The van der Waals surface area contributed by atoms with Crippen LogP contribution in [0.2, 0.25) is 0 Å². The number of hydrogen-bond acceptors (Lipinski definition) is 4. The van der Waals surface area contributed by atoms with E-state index in [9.17, 15) is 14.0 Å². The standard InChI is InChI=1S/C21H23FO4/c1-2-3-4-14-25-20(23)17-7-9-18(10-8-17)21(24)26-15-13-16-5-11-19(22)12-6-16/h5-12H,2-4,13-15H2,1H3. The first kappa shape index (κ1) is 19.6. The molecule has 0 aliphatic heterocycles. The summed E-state index contributed by atoms with van der Waals surface area (Å²) in [4.78, 5) is 23.9. The van der Waals surface area contributed by atoms with Crippen molar-refractivity contribution in [3.8, 4) is 0 Å². The van der Waals surface area contributed by atoms with Crippen molar-refractivity contribution in [2.24, 2.45) is 0 Å². The lowest BCUT2D eigenvalue weighted by Gasteiger charge is -2.07. The van der Waals surface area contributed by atoms with Crippen molar-refractivity contribution in [2.45, 2.75) is 32.6 Å². The average molecular weight is 358 g/mol. The van der Waals surface area contributed by atoms with E-state index < -0.39 is 11.9 Å². The van der Waals surface area contributed by atoms with Gasteiger partial charge in [0.25, 0.3) is 0 Å². The molecule has 0 saturated heterocycles. The van der Waals surface area contributed by atoms with Crippen LogP contribution < -0.4 is 0 Å². The van der Waals surface area contributed by atoms with E-state index in [0.717, 1.165) is 24.8 Å². The number of benzene rings is 2. The fourth-order valence-electron chi connectivity index (χ4n) is 2.34. The van der Waals surface area contributed by atoms with Gasteiger partial charge in [-0.05, 0) is 48.4 Å². The molecule has 0 N–H and O–H groups in total. The molecule has 0 unspecified atom stereocenters. The minimum Gasteiger partial charge on any atom is -0.462 e. The molecule has 26 heavy (non-hydrogen) atoms. The SMILES string of the molecule is CCCCCOC(=O)c1ccc(C(=O)OCCc2ccc(F)cc2)cc1. The number of unbranched alkanes of at least 4 members (excludes halogenated alkanes) is 2. The molecule has 2 aromatic carbocycles. The van der Waals surface area contributed by atoms with Gasteiger partial charge in [-0.3, -0.25) is 0 Å². The van der Waals surface area contributed by atoms with Gasteiger partial charge in [-0.15, -0.1) is 0 Å². The van der Waals surface area contributed by atoms with Gasteiger partial charge in [0.15, 0.2) is 0 Å². The number of hydrogen-bond donors (Lipinski definition) is 0. The molecule has 0 amide bonds. The van der Waals surface area contributed by atoms with Crippen molar-refractivity contribution in [2.75, 3.05) is 13.2 Å². The third kappa shape index (κ3) is 6.31. The number of halogens is 1. The first-order valence-corrected chi connectivity index (χ1v) is 8.79. The molecular weight excluding hydrogens is 335 g/mol. The Morgan fingerprint density at radius 3 is 1.88 bits per heavy atom. The average Bonchev–Trinajstić information content (AvgIpc) is 2.66. The summed E-state index contributed by atoms with van der Waals surface area (Å²) in [5.74, 6) is -1.15. The highest BCUT2D eigenvalue weighted by molar-refractivity contribution is 5.93. The zero-order chi connectivity index (χ0) is 18.8. The third-order valence-corrected chi connectivity index (χ3v) is 3.87. The van der Waals surface area contributed by atoms with Gasteiger partial charge < -0.3 is 9.47 Å². The Morgan fingerprint density at radius 2 is 1.35 bits per heavy atom. The Kier molecular flexibility index (Phi) is 7.80. The third-order valence-electron chi connectivity index (χ3n) is 3.87. The van der Waals surface area contributed by atoms with Crippen molar-refractivity contribution in [1.82, 2.24) is 0 Å². The number of ether oxygens (including phenoxy) is 2. The molecule has 0 radical (unpaired) electrons. The molecular formula is C21H23FO4. The zero-order valence-electron chi connectivity index (χ0n) is 14.9. The van der Waals surface area contributed by atoms with Gasteiger partial charge in [0.1, 0.15) is 5.82 Å². The minimum absolute atomic E-state index is 0.200. The zero-order valence-corrected chi connectivity index (χ0v) is 14.9. The fraction of sp³-hybridized carbons (Fsp3) is 0.333. The summed E-state index contributed by atoms with van der Waals surface area (Å²) < 4.78 is 23.2. The molecule has 0 aromatic heterocycles. The Bertz CT molecular complexity index is 708. The van der Waals surface area contributed by atoms with E-state index in [4.69, 9.17) is 9.47 Å². The number of carbonyl (C=O) groups is 2. The molecule has 0 heterocycles. The number of carbonyl (C=O) groups excluding carboxylic acids is 2. The van der Waals surface area contributed by atoms with Gasteiger partial charge in [-0.25, -0.2) is 14.0 Å². The van der Waals surface area contributed by atoms with Crippen LogP contribution in [0.1, 0.15) is 52.5 Å². The van der Waals surface area contributed by atoms with E-state index in [1.165, 1.54) is 12.1 Å². The lowest BCUT2D eigenvalue weighted by Crippen LogP contribution is -2.10. The molecule has 5 heteroatoms. The summed E-state index contributed by atoms with van der Waals surface area (Å²) in [5, 5.41) is 0. The predicted octanol–water partition coefficient (Wildman–Crippen LogP) is 4.57. The Labute approximate surface area is 152 Å². The van der Waals surface area contributed by atoms with E-state index in [0.29, 0.717) is 24.2 Å². The van der Waals surface area contributed by atoms with Gasteiger partial charge in [0.05, 0.1) is 24.3 Å². The van der Waals surface area contributed by atoms with Crippen LogP contribution in [0.25, 0.3) is 0 Å². The van der Waals surface area contributed by atoms with E-state index in [1.54, 1.807) is 36.4 Å². The van der Waals surface area contributed by atoms with Gasteiger partial charge in [0, 0.05) is 6.42 Å². The molecule has 0 aliphatic carbocycles. The fourth-order valence-corrected chi connectivity index (χ4v) is 2.34. The van der Waals surface area contributed by atoms with Gasteiger partial charge in [-0.2, -0.15) is 0 Å². The Hall–Kier alpha value is -2.69. The van der Waals surface area contributed by atoms with Crippen LogP contribution >= 0.6 is 0 Å². The summed E-state index contributed by atoms with van der Waals surface area (Å²) in [6, 6.07) is 12.3. The molecule has 2 aromatic rings. The van der Waals surface area contributed by atoms with Crippen LogP contribution in [-0.2, 0) is 15.9 Å². The summed E-state index contributed by atoms with van der Waals surface area (Å²) in [7, 11) is 0. The van der Waals surface area contributed by atoms with Crippen LogP contribution in [0, 0.1) is 5.82 Å². The molecule has 0 spiro atoms. The normalized spacial score (nSPS) is 10.4. The van der Waals surface area contributed by atoms with E-state index in [-0.39, 0.29) is 12.4 Å². The van der Waals surface area contributed by atoms with Crippen molar-refractivity contribution in [1.29, 1.82) is 0 Å². The topological polar surface area (TPSA) is 52.6 Å². The van der Waals surface area contributed by atoms with E-state index in [2.05, 4.69) is 6.92 Å². The maximum Gasteiger partial charge on any atom is 0.338 e. The van der Waals surface area contributed by atoms with Crippen LogP contribution in [0.4, 0.5) is 4.39 Å². The quantitative estimate of drug-likeness (QED) is 0.487. The maximum absolute atomic E-state index is 12.8. The first-order chi connectivity index (χ1) is 12.6. The molecule has 2 rings (SSSR count). The van der Waals surface area contributed by atoms with Gasteiger partial charge in [-0.1, -0.05) is 31.9 Å². The molecule has 0 atom stereocenters. The first-order valence-electron chi connectivity index (χ1n) is 8.79. The monoisotopic (exact) mass is 358 g/mol. The summed E-state index contributed by atoms with van der Waals surface area (Å²) in [6.45, 7) is 2.69. The lowest BCUT2D eigenvalue weighted by atomic mass is 10.1. The predicted molar refractivity (Wildman–Crippen MR) is 96.6 cm³/mol. The summed E-state index contributed by atoms with van der Waals surface area (Å²) in [5.41, 5.74) is 1.66. The highest BCUT2D eigenvalue weighted by Gasteiger charge is 2.11. The molecule has 138 valence electrons. The molecule has 4 nitrogen and oxygen atoms in total. The van der Waals surface area contributed by atoms with Crippen LogP contribution in [0.5, 0.6) is 0 Å². The van der Waals surface area contributed by atoms with Gasteiger partial charge in [0.2, 0.25) is 0 Å². The van der Waals surface area contributed by atoms with Crippen molar-refractivity contribution in [3.63, 3.8) is 0 Å². The Balaban J connectivity index is 1.78. The largest absolute Gasteiger partial charge is 0.462 e. The molecule has 0 aliphatic rings. The van der Waals surface area contributed by atoms with Crippen LogP contribution in [0.3, 0.4) is 0 Å². The summed E-state index contributed by atoms with van der Waals surface area (Å²) in [6.07, 6.45) is 3.44. The minimum atomic E-state index is -0.463. The smallest absolute Gasteiger partial charge is 0.338 e. The van der Waals surface area contributed by atoms with Crippen LogP contribution in [0.15, 0.2) is 48.5 Å².